The molecule has 106 valence electrons. The van der Waals surface area contributed by atoms with Crippen LogP contribution in [0.1, 0.15) is 6.92 Å². The molecule has 1 aliphatic heterocycles. The van der Waals surface area contributed by atoms with Crippen LogP contribution in [-0.4, -0.2) is 54.1 Å². The number of carbonyl (C=O) groups is 3. The number of hydrogen-bond donors (Lipinski definition) is 3. The maximum absolute atomic E-state index is 11.5. The molecule has 3 N–H and O–H groups in total. The molecule has 1 fully saturated rings. The van der Waals surface area contributed by atoms with Crippen LogP contribution in [0.2, 0.25) is 0 Å². The molecule has 0 radical (unpaired) electrons. The highest BCUT2D eigenvalue weighted by Crippen LogP contribution is 2.23. The lowest BCUT2D eigenvalue weighted by molar-refractivity contribution is -0.145. The third-order valence-corrected chi connectivity index (χ3v) is 3.11. The van der Waals surface area contributed by atoms with Crippen LogP contribution >= 0.6 is 0 Å². The molecule has 0 aromatic carbocycles. The molecule has 0 saturated carbocycles. The first-order chi connectivity index (χ1) is 8.93. The quantitative estimate of drug-likeness (QED) is 0.572. The predicted octanol–water partition coefficient (Wildman–Crippen LogP) is -0.349. The molecule has 0 aromatic rings. The fraction of sp³-hybridized carbons (Fsp3) is 0.583. The van der Waals surface area contributed by atoms with E-state index in [9.17, 15) is 14.4 Å². The summed E-state index contributed by atoms with van der Waals surface area (Å²) in [6.07, 6.45) is 1.51. The topological polar surface area (TPSA) is 98.7 Å². The van der Waals surface area contributed by atoms with E-state index < -0.39 is 23.8 Å². The van der Waals surface area contributed by atoms with E-state index in [-0.39, 0.29) is 12.5 Å². The van der Waals surface area contributed by atoms with Gasteiger partial charge >= 0.3 is 12.0 Å². The van der Waals surface area contributed by atoms with Crippen LogP contribution in [-0.2, 0) is 9.59 Å². The second-order valence-electron chi connectivity index (χ2n) is 4.63. The lowest BCUT2D eigenvalue weighted by Gasteiger charge is -2.40. The summed E-state index contributed by atoms with van der Waals surface area (Å²) < 4.78 is 0. The van der Waals surface area contributed by atoms with Crippen LogP contribution in [0.15, 0.2) is 12.7 Å². The number of hydrogen-bond acceptors (Lipinski definition) is 4. The van der Waals surface area contributed by atoms with Gasteiger partial charge in [0.15, 0.2) is 0 Å². The van der Waals surface area contributed by atoms with Crippen LogP contribution in [0, 0.1) is 11.8 Å². The standard InChI is InChI=1S/C12H19N3O4/c1-3-4-13-12(19)14-10(16)7-15-5-9(6-15)8(2)11(17)18/h3,8-9H,1,4-7H2,2H3,(H,17,18)(H2,13,14,16,19). The molecular formula is C12H19N3O4. The van der Waals surface area contributed by atoms with Crippen LogP contribution in [0.3, 0.4) is 0 Å². The lowest BCUT2D eigenvalue weighted by Crippen LogP contribution is -2.55. The van der Waals surface area contributed by atoms with E-state index in [4.69, 9.17) is 5.11 Å². The minimum absolute atomic E-state index is 0.0693. The number of carboxylic acid groups (broad SMARTS) is 1. The van der Waals surface area contributed by atoms with Crippen LogP contribution in [0.5, 0.6) is 0 Å². The van der Waals surface area contributed by atoms with Gasteiger partial charge in [0.05, 0.1) is 12.5 Å². The predicted molar refractivity (Wildman–Crippen MR) is 68.5 cm³/mol. The summed E-state index contributed by atoms with van der Waals surface area (Å²) in [6, 6.07) is -0.555. The average Bonchev–Trinajstić information content (AvgIpc) is 2.29. The Morgan fingerprint density at radius 3 is 2.63 bits per heavy atom. The Bertz CT molecular complexity index is 377. The monoisotopic (exact) mass is 269 g/mol. The Morgan fingerprint density at radius 2 is 2.11 bits per heavy atom. The van der Waals surface area contributed by atoms with E-state index in [0.717, 1.165) is 0 Å². The van der Waals surface area contributed by atoms with Gasteiger partial charge in [-0.05, 0) is 5.92 Å². The number of urea groups is 1. The second-order valence-corrected chi connectivity index (χ2v) is 4.63. The van der Waals surface area contributed by atoms with Crippen molar-refractivity contribution >= 4 is 17.9 Å². The number of carbonyl (C=O) groups excluding carboxylic acids is 2. The second kappa shape index (κ2) is 6.89. The number of rotatable bonds is 6. The Kier molecular flexibility index (Phi) is 5.50. The van der Waals surface area contributed by atoms with Gasteiger partial charge in [0.1, 0.15) is 0 Å². The number of aliphatic carboxylic acids is 1. The Morgan fingerprint density at radius 1 is 1.47 bits per heavy atom. The fourth-order valence-corrected chi connectivity index (χ4v) is 1.84. The fourth-order valence-electron chi connectivity index (χ4n) is 1.84. The molecule has 1 aliphatic rings. The van der Waals surface area contributed by atoms with Gasteiger partial charge in [-0.25, -0.2) is 4.79 Å². The van der Waals surface area contributed by atoms with Gasteiger partial charge in [-0.1, -0.05) is 13.0 Å². The number of imide groups is 1. The molecule has 0 spiro atoms. The zero-order valence-corrected chi connectivity index (χ0v) is 10.9. The summed E-state index contributed by atoms with van der Waals surface area (Å²) >= 11 is 0. The third kappa shape index (κ3) is 4.70. The van der Waals surface area contributed by atoms with Crippen molar-refractivity contribution in [1.29, 1.82) is 0 Å². The van der Waals surface area contributed by atoms with Crippen molar-refractivity contribution in [3.63, 3.8) is 0 Å². The van der Waals surface area contributed by atoms with Crippen molar-refractivity contribution in [2.24, 2.45) is 11.8 Å². The maximum Gasteiger partial charge on any atom is 0.321 e. The number of carboxylic acids is 1. The molecule has 3 amide bonds. The van der Waals surface area contributed by atoms with Crippen molar-refractivity contribution in [1.82, 2.24) is 15.5 Å². The van der Waals surface area contributed by atoms with Crippen LogP contribution in [0.25, 0.3) is 0 Å². The first-order valence-corrected chi connectivity index (χ1v) is 6.07. The number of nitrogens with one attached hydrogen (secondary N) is 2. The molecule has 1 rings (SSSR count). The maximum atomic E-state index is 11.5. The zero-order valence-electron chi connectivity index (χ0n) is 10.9. The normalized spacial score (nSPS) is 17.1. The van der Waals surface area contributed by atoms with E-state index >= 15 is 0 Å². The van der Waals surface area contributed by atoms with Gasteiger partial charge in [-0.2, -0.15) is 0 Å². The van der Waals surface area contributed by atoms with E-state index in [1.807, 2.05) is 0 Å². The van der Waals surface area contributed by atoms with Gasteiger partial charge in [0.25, 0.3) is 0 Å². The van der Waals surface area contributed by atoms with Gasteiger partial charge < -0.3 is 10.4 Å². The number of nitrogens with zero attached hydrogens (tertiary/aromatic N) is 1. The Hall–Kier alpha value is -1.89. The largest absolute Gasteiger partial charge is 0.481 e. The van der Waals surface area contributed by atoms with Gasteiger partial charge in [0, 0.05) is 19.6 Å². The first-order valence-electron chi connectivity index (χ1n) is 6.07. The molecule has 19 heavy (non-hydrogen) atoms. The van der Waals surface area contributed by atoms with E-state index in [1.54, 1.807) is 11.8 Å². The minimum atomic E-state index is -0.821. The molecule has 7 heteroatoms. The lowest BCUT2D eigenvalue weighted by atomic mass is 9.87. The first kappa shape index (κ1) is 15.2. The highest BCUT2D eigenvalue weighted by atomic mass is 16.4. The van der Waals surface area contributed by atoms with Gasteiger partial charge in [-0.15, -0.1) is 6.58 Å². The smallest absolute Gasteiger partial charge is 0.321 e. The molecule has 0 aliphatic carbocycles. The SMILES string of the molecule is C=CCNC(=O)NC(=O)CN1CC(C(C)C(=O)O)C1. The van der Waals surface area contributed by atoms with Crippen molar-refractivity contribution < 1.29 is 19.5 Å². The van der Waals surface area contributed by atoms with Crippen molar-refractivity contribution in [2.75, 3.05) is 26.2 Å². The molecule has 0 aromatic heterocycles. The molecule has 1 atom stereocenters. The minimum Gasteiger partial charge on any atom is -0.481 e. The molecule has 1 unspecified atom stereocenters. The summed E-state index contributed by atoms with van der Waals surface area (Å²) in [5, 5.41) is 13.4. The van der Waals surface area contributed by atoms with Crippen LogP contribution in [0.4, 0.5) is 4.79 Å². The van der Waals surface area contributed by atoms with E-state index in [2.05, 4.69) is 17.2 Å². The van der Waals surface area contributed by atoms with Crippen molar-refractivity contribution in [3.05, 3.63) is 12.7 Å². The summed E-state index contributed by atoms with van der Waals surface area (Å²) in [5.41, 5.74) is 0. The third-order valence-electron chi connectivity index (χ3n) is 3.11. The van der Waals surface area contributed by atoms with Crippen molar-refractivity contribution in [2.45, 2.75) is 6.92 Å². The number of likely N-dealkylation sites (tertiary alicyclic amines) is 1. The highest BCUT2D eigenvalue weighted by Gasteiger charge is 2.35. The zero-order chi connectivity index (χ0) is 14.4. The van der Waals surface area contributed by atoms with Gasteiger partial charge in [0.2, 0.25) is 5.91 Å². The van der Waals surface area contributed by atoms with Crippen LogP contribution < -0.4 is 10.6 Å². The molecule has 1 saturated heterocycles. The summed E-state index contributed by atoms with van der Waals surface area (Å²) in [4.78, 5) is 35.2. The molecular weight excluding hydrogens is 250 g/mol. The highest BCUT2D eigenvalue weighted by molar-refractivity contribution is 5.95. The molecule has 1 heterocycles. The van der Waals surface area contributed by atoms with E-state index in [0.29, 0.717) is 19.6 Å². The Balaban J connectivity index is 2.20. The molecule has 7 nitrogen and oxygen atoms in total. The summed E-state index contributed by atoms with van der Waals surface area (Å²) in [7, 11) is 0. The van der Waals surface area contributed by atoms with Crippen molar-refractivity contribution in [3.8, 4) is 0 Å². The van der Waals surface area contributed by atoms with E-state index in [1.165, 1.54) is 6.08 Å². The Labute approximate surface area is 111 Å². The summed E-state index contributed by atoms with van der Waals surface area (Å²) in [5.74, 6) is -1.56. The average molecular weight is 269 g/mol. The molecule has 0 bridgehead atoms. The number of amides is 3. The summed E-state index contributed by atoms with van der Waals surface area (Å²) in [6.45, 7) is 6.62. The van der Waals surface area contributed by atoms with Gasteiger partial charge in [-0.3, -0.25) is 19.8 Å².